The SMILES string of the molecule is CCN(CC)c1ccc(NC(=O)C(NC(=O)c2ccc(OC)cc2)C(C)C)cn1. The zero-order chi connectivity index (χ0) is 21.4. The lowest BCUT2D eigenvalue weighted by atomic mass is 10.0. The highest BCUT2D eigenvalue weighted by atomic mass is 16.5. The smallest absolute Gasteiger partial charge is 0.251 e. The summed E-state index contributed by atoms with van der Waals surface area (Å²) in [5, 5.41) is 5.66. The van der Waals surface area contributed by atoms with E-state index >= 15 is 0 Å². The summed E-state index contributed by atoms with van der Waals surface area (Å²) in [6.07, 6.45) is 1.63. The van der Waals surface area contributed by atoms with Crippen molar-refractivity contribution in [2.45, 2.75) is 33.7 Å². The molecule has 2 aromatic rings. The monoisotopic (exact) mass is 398 g/mol. The van der Waals surface area contributed by atoms with Gasteiger partial charge >= 0.3 is 0 Å². The number of ether oxygens (including phenoxy) is 1. The number of benzene rings is 1. The van der Waals surface area contributed by atoms with Crippen molar-refractivity contribution in [3.63, 3.8) is 0 Å². The molecule has 0 radical (unpaired) electrons. The van der Waals surface area contributed by atoms with Crippen molar-refractivity contribution >= 4 is 23.3 Å². The highest BCUT2D eigenvalue weighted by Gasteiger charge is 2.25. The van der Waals surface area contributed by atoms with Crippen molar-refractivity contribution in [2.24, 2.45) is 5.92 Å². The van der Waals surface area contributed by atoms with Crippen LogP contribution >= 0.6 is 0 Å². The van der Waals surface area contributed by atoms with Crippen LogP contribution in [0, 0.1) is 5.92 Å². The molecule has 0 saturated carbocycles. The maximum absolute atomic E-state index is 12.8. The van der Waals surface area contributed by atoms with Gasteiger partial charge in [0, 0.05) is 18.7 Å². The molecular weight excluding hydrogens is 368 g/mol. The van der Waals surface area contributed by atoms with Crippen LogP contribution in [0.25, 0.3) is 0 Å². The minimum absolute atomic E-state index is 0.0832. The van der Waals surface area contributed by atoms with E-state index in [2.05, 4.69) is 34.4 Å². The number of nitrogens with zero attached hydrogens (tertiary/aromatic N) is 2. The first-order valence-corrected chi connectivity index (χ1v) is 9.86. The van der Waals surface area contributed by atoms with E-state index in [0.29, 0.717) is 17.0 Å². The summed E-state index contributed by atoms with van der Waals surface area (Å²) in [5.41, 5.74) is 1.06. The standard InChI is InChI=1S/C22H30N4O3/c1-6-26(7-2)19-13-10-17(14-23-19)24-22(28)20(15(3)4)25-21(27)16-8-11-18(29-5)12-9-16/h8-15,20H,6-7H2,1-5H3,(H,24,28)(H,25,27). The maximum Gasteiger partial charge on any atom is 0.251 e. The Balaban J connectivity index is 2.05. The van der Waals surface area contributed by atoms with Crippen molar-refractivity contribution in [3.8, 4) is 5.75 Å². The Kier molecular flexibility index (Phi) is 8.00. The fourth-order valence-corrected chi connectivity index (χ4v) is 2.92. The Morgan fingerprint density at radius 3 is 2.21 bits per heavy atom. The second-order valence-electron chi connectivity index (χ2n) is 6.99. The van der Waals surface area contributed by atoms with E-state index in [4.69, 9.17) is 4.74 Å². The number of amides is 2. The lowest BCUT2D eigenvalue weighted by Gasteiger charge is -2.22. The molecule has 2 rings (SSSR count). The van der Waals surface area contributed by atoms with Crippen LogP contribution < -0.4 is 20.3 Å². The summed E-state index contributed by atoms with van der Waals surface area (Å²) in [5.74, 6) is 0.859. The van der Waals surface area contributed by atoms with Crippen LogP contribution in [-0.4, -0.2) is 43.0 Å². The van der Waals surface area contributed by atoms with Gasteiger partial charge in [0.2, 0.25) is 5.91 Å². The maximum atomic E-state index is 12.8. The summed E-state index contributed by atoms with van der Waals surface area (Å²) in [7, 11) is 1.57. The highest BCUT2D eigenvalue weighted by molar-refractivity contribution is 6.01. The Morgan fingerprint density at radius 2 is 1.72 bits per heavy atom. The summed E-state index contributed by atoms with van der Waals surface area (Å²) < 4.78 is 5.11. The molecule has 0 spiro atoms. The van der Waals surface area contributed by atoms with Crippen molar-refractivity contribution in [2.75, 3.05) is 30.4 Å². The molecule has 0 saturated heterocycles. The number of aromatic nitrogens is 1. The number of nitrogens with one attached hydrogen (secondary N) is 2. The topological polar surface area (TPSA) is 83.6 Å². The summed E-state index contributed by atoms with van der Waals surface area (Å²) in [6.45, 7) is 9.64. The quantitative estimate of drug-likeness (QED) is 0.677. The van der Waals surface area contributed by atoms with Gasteiger partial charge in [-0.3, -0.25) is 9.59 Å². The Labute approximate surface area is 172 Å². The third-order valence-corrected chi connectivity index (χ3v) is 4.69. The van der Waals surface area contributed by atoms with E-state index < -0.39 is 6.04 Å². The summed E-state index contributed by atoms with van der Waals surface area (Å²) in [6, 6.07) is 9.78. The van der Waals surface area contributed by atoms with Gasteiger partial charge < -0.3 is 20.3 Å². The van der Waals surface area contributed by atoms with E-state index in [1.54, 1.807) is 37.6 Å². The predicted octanol–water partition coefficient (Wildman–Crippen LogP) is 3.33. The first-order chi connectivity index (χ1) is 13.9. The third-order valence-electron chi connectivity index (χ3n) is 4.69. The molecule has 1 aromatic carbocycles. The van der Waals surface area contributed by atoms with Crippen LogP contribution in [0.4, 0.5) is 11.5 Å². The Hall–Kier alpha value is -3.09. The van der Waals surface area contributed by atoms with Crippen LogP contribution in [0.5, 0.6) is 5.75 Å². The largest absolute Gasteiger partial charge is 0.497 e. The Morgan fingerprint density at radius 1 is 1.07 bits per heavy atom. The van der Waals surface area contributed by atoms with Crippen LogP contribution in [0.2, 0.25) is 0 Å². The summed E-state index contributed by atoms with van der Waals surface area (Å²) in [4.78, 5) is 31.9. The molecular formula is C22H30N4O3. The second-order valence-corrected chi connectivity index (χ2v) is 6.99. The van der Waals surface area contributed by atoms with Gasteiger partial charge in [-0.05, 0) is 56.2 Å². The third kappa shape index (κ3) is 5.94. The fraction of sp³-hybridized carbons (Fsp3) is 0.409. The van der Waals surface area contributed by atoms with Crippen molar-refractivity contribution in [1.82, 2.24) is 10.3 Å². The number of methoxy groups -OCH3 is 1. The molecule has 0 aliphatic carbocycles. The number of anilines is 2. The molecule has 2 amide bonds. The van der Waals surface area contributed by atoms with E-state index in [0.717, 1.165) is 18.9 Å². The number of carbonyl (C=O) groups excluding carboxylic acids is 2. The molecule has 29 heavy (non-hydrogen) atoms. The van der Waals surface area contributed by atoms with Gasteiger partial charge in [-0.2, -0.15) is 0 Å². The number of rotatable bonds is 9. The normalized spacial score (nSPS) is 11.7. The van der Waals surface area contributed by atoms with Crippen LogP contribution in [0.15, 0.2) is 42.6 Å². The molecule has 1 aromatic heterocycles. The Bertz CT molecular complexity index is 800. The number of carbonyl (C=O) groups is 2. The zero-order valence-corrected chi connectivity index (χ0v) is 17.7. The molecule has 7 nitrogen and oxygen atoms in total. The first-order valence-electron chi connectivity index (χ1n) is 9.86. The second kappa shape index (κ2) is 10.5. The number of hydrogen-bond donors (Lipinski definition) is 2. The predicted molar refractivity (Wildman–Crippen MR) is 116 cm³/mol. The molecule has 2 N–H and O–H groups in total. The van der Waals surface area contributed by atoms with Gasteiger partial charge in [0.1, 0.15) is 17.6 Å². The van der Waals surface area contributed by atoms with E-state index in [9.17, 15) is 9.59 Å². The van der Waals surface area contributed by atoms with Gasteiger partial charge in [0.15, 0.2) is 0 Å². The molecule has 156 valence electrons. The molecule has 0 fully saturated rings. The van der Waals surface area contributed by atoms with Crippen molar-refractivity contribution in [1.29, 1.82) is 0 Å². The number of hydrogen-bond acceptors (Lipinski definition) is 5. The van der Waals surface area contributed by atoms with Gasteiger partial charge in [-0.15, -0.1) is 0 Å². The van der Waals surface area contributed by atoms with Crippen LogP contribution in [0.1, 0.15) is 38.1 Å². The van der Waals surface area contributed by atoms with Gasteiger partial charge in [-0.1, -0.05) is 13.8 Å². The van der Waals surface area contributed by atoms with E-state index in [-0.39, 0.29) is 17.7 Å². The molecule has 0 aliphatic heterocycles. The molecule has 1 atom stereocenters. The van der Waals surface area contributed by atoms with Gasteiger partial charge in [0.05, 0.1) is 19.0 Å². The van der Waals surface area contributed by atoms with E-state index in [1.165, 1.54) is 0 Å². The first kappa shape index (κ1) is 22.2. The van der Waals surface area contributed by atoms with Crippen molar-refractivity contribution < 1.29 is 14.3 Å². The van der Waals surface area contributed by atoms with Gasteiger partial charge in [-0.25, -0.2) is 4.98 Å². The lowest BCUT2D eigenvalue weighted by molar-refractivity contribution is -0.118. The molecule has 1 unspecified atom stereocenters. The van der Waals surface area contributed by atoms with E-state index in [1.807, 2.05) is 26.0 Å². The molecule has 0 aliphatic rings. The molecule has 1 heterocycles. The number of pyridine rings is 1. The van der Waals surface area contributed by atoms with Crippen LogP contribution in [-0.2, 0) is 4.79 Å². The lowest BCUT2D eigenvalue weighted by Crippen LogP contribution is -2.47. The van der Waals surface area contributed by atoms with Crippen LogP contribution in [0.3, 0.4) is 0 Å². The zero-order valence-electron chi connectivity index (χ0n) is 17.7. The highest BCUT2D eigenvalue weighted by Crippen LogP contribution is 2.16. The summed E-state index contributed by atoms with van der Waals surface area (Å²) >= 11 is 0. The molecule has 7 heteroatoms. The van der Waals surface area contributed by atoms with Gasteiger partial charge in [0.25, 0.3) is 5.91 Å². The minimum atomic E-state index is -0.674. The average Bonchev–Trinajstić information content (AvgIpc) is 2.73. The molecule has 0 bridgehead atoms. The fourth-order valence-electron chi connectivity index (χ4n) is 2.92. The average molecular weight is 399 g/mol. The minimum Gasteiger partial charge on any atom is -0.497 e. The van der Waals surface area contributed by atoms with Crippen molar-refractivity contribution in [3.05, 3.63) is 48.2 Å².